The highest BCUT2D eigenvalue weighted by Crippen LogP contribution is 2.35. The van der Waals surface area contributed by atoms with E-state index < -0.39 is 23.9 Å². The Balaban J connectivity index is 2.58. The van der Waals surface area contributed by atoms with Crippen molar-refractivity contribution in [1.29, 1.82) is 0 Å². The van der Waals surface area contributed by atoms with Crippen molar-refractivity contribution in [3.05, 3.63) is 0 Å². The minimum absolute atomic E-state index is 0.0950. The molecule has 1 aliphatic heterocycles. The molecular weight excluding hydrogens is 259 g/mol. The smallest absolute Gasteiger partial charge is 0.342 e. The molecule has 0 unspecified atom stereocenters. The number of hydrogen-bond donors (Lipinski definition) is 0. The number of nitrogens with zero attached hydrogens (tertiary/aromatic N) is 1. The van der Waals surface area contributed by atoms with Gasteiger partial charge in [0.1, 0.15) is 12.2 Å². The third-order valence-electron chi connectivity index (χ3n) is 3.69. The fraction of sp³-hybridized carbons (Fsp3) is 0.846. The molecule has 6 heteroatoms. The number of alkyl halides is 3. The lowest BCUT2D eigenvalue weighted by molar-refractivity contribution is -0.163. The molecule has 0 bridgehead atoms. The Morgan fingerprint density at radius 1 is 1.21 bits per heavy atom. The molecule has 1 amide bonds. The molecule has 1 heterocycles. The third-order valence-corrected chi connectivity index (χ3v) is 3.69. The zero-order valence-electron chi connectivity index (χ0n) is 11.5. The van der Waals surface area contributed by atoms with Gasteiger partial charge < -0.3 is 4.90 Å². The SMILES string of the molecule is CC(C)C(=O)C1(C)CCN(C(=O)CC(F)(F)F)CC1. The van der Waals surface area contributed by atoms with E-state index in [1.54, 1.807) is 0 Å². The van der Waals surface area contributed by atoms with Gasteiger partial charge >= 0.3 is 6.18 Å². The second-order valence-corrected chi connectivity index (χ2v) is 5.75. The van der Waals surface area contributed by atoms with Crippen LogP contribution in [0.1, 0.15) is 40.0 Å². The van der Waals surface area contributed by atoms with Gasteiger partial charge in [0.05, 0.1) is 0 Å². The van der Waals surface area contributed by atoms with Gasteiger partial charge in [-0.15, -0.1) is 0 Å². The summed E-state index contributed by atoms with van der Waals surface area (Å²) < 4.78 is 36.4. The number of piperidine rings is 1. The van der Waals surface area contributed by atoms with Crippen molar-refractivity contribution in [2.45, 2.75) is 46.2 Å². The third kappa shape index (κ3) is 4.21. The van der Waals surface area contributed by atoms with E-state index >= 15 is 0 Å². The van der Waals surface area contributed by atoms with Crippen LogP contribution in [0.5, 0.6) is 0 Å². The zero-order chi connectivity index (χ0) is 14.8. The van der Waals surface area contributed by atoms with Crippen LogP contribution in [0.2, 0.25) is 0 Å². The molecular formula is C13H20F3NO2. The molecule has 110 valence electrons. The average molecular weight is 279 g/mol. The Kier molecular flexibility index (Phi) is 4.63. The molecule has 0 aromatic carbocycles. The molecule has 0 atom stereocenters. The number of halogens is 3. The average Bonchev–Trinajstić information content (AvgIpc) is 2.26. The van der Waals surface area contributed by atoms with Gasteiger partial charge in [0.15, 0.2) is 0 Å². The van der Waals surface area contributed by atoms with E-state index in [4.69, 9.17) is 0 Å². The Labute approximate surface area is 111 Å². The number of amides is 1. The highest BCUT2D eigenvalue weighted by atomic mass is 19.4. The van der Waals surface area contributed by atoms with E-state index in [1.807, 2.05) is 20.8 Å². The Morgan fingerprint density at radius 3 is 2.05 bits per heavy atom. The highest BCUT2D eigenvalue weighted by molar-refractivity contribution is 5.86. The predicted octanol–water partition coefficient (Wildman–Crippen LogP) is 2.79. The fourth-order valence-electron chi connectivity index (χ4n) is 2.48. The normalized spacial score (nSPS) is 19.6. The molecule has 1 fully saturated rings. The number of rotatable bonds is 3. The number of likely N-dealkylation sites (tertiary alicyclic amines) is 1. The first-order chi connectivity index (χ1) is 8.55. The van der Waals surface area contributed by atoms with Crippen LogP contribution in [0.15, 0.2) is 0 Å². The maximum atomic E-state index is 12.1. The molecule has 19 heavy (non-hydrogen) atoms. The zero-order valence-corrected chi connectivity index (χ0v) is 11.5. The number of ketones is 1. The van der Waals surface area contributed by atoms with E-state index in [0.29, 0.717) is 12.8 Å². The van der Waals surface area contributed by atoms with Gasteiger partial charge in [-0.2, -0.15) is 13.2 Å². The molecule has 1 rings (SSSR count). The summed E-state index contributed by atoms with van der Waals surface area (Å²) in [5.74, 6) is -0.871. The topological polar surface area (TPSA) is 37.4 Å². The lowest BCUT2D eigenvalue weighted by Crippen LogP contribution is -2.47. The maximum Gasteiger partial charge on any atom is 0.397 e. The van der Waals surface area contributed by atoms with Crippen molar-refractivity contribution in [2.24, 2.45) is 11.3 Å². The van der Waals surface area contributed by atoms with Gasteiger partial charge in [0, 0.05) is 24.4 Å². The van der Waals surface area contributed by atoms with Crippen LogP contribution < -0.4 is 0 Å². The second kappa shape index (κ2) is 5.51. The van der Waals surface area contributed by atoms with Gasteiger partial charge in [-0.05, 0) is 12.8 Å². The predicted molar refractivity (Wildman–Crippen MR) is 64.4 cm³/mol. The number of Topliss-reactive ketones (excluding diaryl/α,β-unsaturated/α-hetero) is 1. The molecule has 0 radical (unpaired) electrons. The lowest BCUT2D eigenvalue weighted by atomic mass is 9.73. The first kappa shape index (κ1) is 16.0. The largest absolute Gasteiger partial charge is 0.397 e. The minimum Gasteiger partial charge on any atom is -0.342 e. The van der Waals surface area contributed by atoms with Crippen molar-refractivity contribution in [3.63, 3.8) is 0 Å². The summed E-state index contributed by atoms with van der Waals surface area (Å²) in [4.78, 5) is 24.7. The Hall–Kier alpha value is -1.07. The van der Waals surface area contributed by atoms with Crippen molar-refractivity contribution < 1.29 is 22.8 Å². The standard InChI is InChI=1S/C13H20F3NO2/c1-9(2)11(19)12(3)4-6-17(7-5-12)10(18)8-13(14,15)16/h9H,4-8H2,1-3H3. The molecule has 0 aliphatic carbocycles. The van der Waals surface area contributed by atoms with E-state index in [0.717, 1.165) is 0 Å². The first-order valence-electron chi connectivity index (χ1n) is 6.44. The monoisotopic (exact) mass is 279 g/mol. The van der Waals surface area contributed by atoms with E-state index in [2.05, 4.69) is 0 Å². The Bertz CT molecular complexity index is 355. The van der Waals surface area contributed by atoms with Crippen LogP contribution in [0.3, 0.4) is 0 Å². The van der Waals surface area contributed by atoms with E-state index in [-0.39, 0.29) is 24.8 Å². The molecule has 3 nitrogen and oxygen atoms in total. The van der Waals surface area contributed by atoms with Crippen LogP contribution in [0.4, 0.5) is 13.2 Å². The summed E-state index contributed by atoms with van der Waals surface area (Å²) in [6.45, 7) is 5.91. The second-order valence-electron chi connectivity index (χ2n) is 5.75. The quantitative estimate of drug-likeness (QED) is 0.796. The Morgan fingerprint density at radius 2 is 1.68 bits per heavy atom. The summed E-state index contributed by atoms with van der Waals surface area (Å²) in [5.41, 5.74) is -0.511. The first-order valence-corrected chi connectivity index (χ1v) is 6.44. The summed E-state index contributed by atoms with van der Waals surface area (Å²) >= 11 is 0. The molecule has 0 spiro atoms. The molecule has 1 saturated heterocycles. The molecule has 1 aliphatic rings. The van der Waals surface area contributed by atoms with Gasteiger partial charge in [-0.25, -0.2) is 0 Å². The van der Waals surface area contributed by atoms with Gasteiger partial charge in [0.2, 0.25) is 5.91 Å². The van der Waals surface area contributed by atoms with Crippen molar-refractivity contribution in [1.82, 2.24) is 4.90 Å². The summed E-state index contributed by atoms with van der Waals surface area (Å²) in [5, 5.41) is 0. The van der Waals surface area contributed by atoms with Gasteiger partial charge in [-0.3, -0.25) is 9.59 Å². The van der Waals surface area contributed by atoms with Crippen LogP contribution >= 0.6 is 0 Å². The molecule has 0 saturated carbocycles. The number of carbonyl (C=O) groups excluding carboxylic acids is 2. The van der Waals surface area contributed by atoms with E-state index in [9.17, 15) is 22.8 Å². The molecule has 0 aromatic heterocycles. The number of carbonyl (C=O) groups is 2. The van der Waals surface area contributed by atoms with Crippen LogP contribution in [0, 0.1) is 11.3 Å². The minimum atomic E-state index is -4.47. The maximum absolute atomic E-state index is 12.1. The van der Waals surface area contributed by atoms with Crippen LogP contribution in [0.25, 0.3) is 0 Å². The summed E-state index contributed by atoms with van der Waals surface area (Å²) in [6, 6.07) is 0. The molecule has 0 N–H and O–H groups in total. The van der Waals surface area contributed by atoms with Gasteiger partial charge in [0.25, 0.3) is 0 Å². The summed E-state index contributed by atoms with van der Waals surface area (Å²) in [6.07, 6.45) is -5.01. The lowest BCUT2D eigenvalue weighted by Gasteiger charge is -2.39. The molecule has 0 aromatic rings. The van der Waals surface area contributed by atoms with E-state index in [1.165, 1.54) is 4.90 Å². The van der Waals surface area contributed by atoms with Crippen LogP contribution in [-0.2, 0) is 9.59 Å². The number of hydrogen-bond acceptors (Lipinski definition) is 2. The van der Waals surface area contributed by atoms with Crippen LogP contribution in [-0.4, -0.2) is 35.9 Å². The van der Waals surface area contributed by atoms with Crippen molar-refractivity contribution in [3.8, 4) is 0 Å². The fourth-order valence-corrected chi connectivity index (χ4v) is 2.48. The van der Waals surface area contributed by atoms with Crippen molar-refractivity contribution >= 4 is 11.7 Å². The van der Waals surface area contributed by atoms with Crippen molar-refractivity contribution in [2.75, 3.05) is 13.1 Å². The van der Waals surface area contributed by atoms with Gasteiger partial charge in [-0.1, -0.05) is 20.8 Å². The summed E-state index contributed by atoms with van der Waals surface area (Å²) in [7, 11) is 0. The highest BCUT2D eigenvalue weighted by Gasteiger charge is 2.40.